The highest BCUT2D eigenvalue weighted by Crippen LogP contribution is 2.61. The van der Waals surface area contributed by atoms with E-state index < -0.39 is 0 Å². The van der Waals surface area contributed by atoms with Gasteiger partial charge in [0, 0.05) is 17.3 Å². The Hall–Kier alpha value is -1.42. The Labute approximate surface area is 162 Å². The van der Waals surface area contributed by atoms with Gasteiger partial charge in [0.2, 0.25) is 0 Å². The summed E-state index contributed by atoms with van der Waals surface area (Å²) in [6, 6.07) is 0.109. The molecule has 4 aliphatic rings. The van der Waals surface area contributed by atoms with E-state index in [1.54, 1.807) is 6.92 Å². The summed E-state index contributed by atoms with van der Waals surface area (Å²) in [6.07, 6.45) is 8.33. The fourth-order valence-corrected chi connectivity index (χ4v) is 7.08. The number of aromatic nitrogens is 1. The van der Waals surface area contributed by atoms with Crippen LogP contribution in [0.15, 0.2) is 0 Å². The predicted octanol–water partition coefficient (Wildman–Crippen LogP) is 4.60. The highest BCUT2D eigenvalue weighted by Gasteiger charge is 2.53. The van der Waals surface area contributed by atoms with E-state index in [1.807, 2.05) is 20.8 Å². The third kappa shape index (κ3) is 3.10. The number of nitrogens with one attached hydrogen (secondary N) is 2. The smallest absolute Gasteiger partial charge is 0.195 e. The molecular formula is C23H34N2O2. The highest BCUT2D eigenvalue weighted by molar-refractivity contribution is 6.05. The Morgan fingerprint density at radius 3 is 2.00 bits per heavy atom. The van der Waals surface area contributed by atoms with Crippen LogP contribution in [0.4, 0.5) is 0 Å². The zero-order chi connectivity index (χ0) is 19.5. The molecule has 148 valence electrons. The van der Waals surface area contributed by atoms with Crippen LogP contribution in [0.2, 0.25) is 0 Å². The molecule has 2 N–H and O–H groups in total. The molecule has 0 amide bonds. The molecule has 0 spiro atoms. The lowest BCUT2D eigenvalue weighted by atomic mass is 9.48. The van der Waals surface area contributed by atoms with Crippen molar-refractivity contribution in [3.05, 3.63) is 22.5 Å². The van der Waals surface area contributed by atoms with E-state index >= 15 is 0 Å². The van der Waals surface area contributed by atoms with E-state index in [9.17, 15) is 9.59 Å². The summed E-state index contributed by atoms with van der Waals surface area (Å²) in [6.45, 7) is 9.58. The molecule has 4 bridgehead atoms. The van der Waals surface area contributed by atoms with E-state index in [0.717, 1.165) is 29.0 Å². The first-order chi connectivity index (χ1) is 12.7. The van der Waals surface area contributed by atoms with Crippen LogP contribution >= 0.6 is 0 Å². The quantitative estimate of drug-likeness (QED) is 0.719. The van der Waals surface area contributed by atoms with Gasteiger partial charge in [0.15, 0.2) is 11.6 Å². The molecule has 27 heavy (non-hydrogen) atoms. The Morgan fingerprint density at radius 1 is 1.04 bits per heavy atom. The first kappa shape index (κ1) is 18.9. The van der Waals surface area contributed by atoms with Gasteiger partial charge in [-0.3, -0.25) is 9.59 Å². The largest absolute Gasteiger partial charge is 0.355 e. The number of carbonyl (C=O) groups is 2. The van der Waals surface area contributed by atoms with Crippen molar-refractivity contribution in [1.29, 1.82) is 0 Å². The predicted molar refractivity (Wildman–Crippen MR) is 107 cm³/mol. The summed E-state index contributed by atoms with van der Waals surface area (Å²) >= 11 is 0. The maximum atomic E-state index is 13.1. The molecule has 1 aromatic heterocycles. The van der Waals surface area contributed by atoms with Crippen molar-refractivity contribution >= 4 is 11.6 Å². The number of Topliss-reactive ketones (excluding diaryl/α,β-unsaturated/α-hetero) is 2. The first-order valence-electron chi connectivity index (χ1n) is 10.7. The average Bonchev–Trinajstić information content (AvgIpc) is 2.87. The molecule has 0 radical (unpaired) electrons. The molecule has 4 fully saturated rings. The van der Waals surface area contributed by atoms with Crippen LogP contribution in [0.1, 0.15) is 91.4 Å². The molecular weight excluding hydrogens is 336 g/mol. The molecule has 5 rings (SSSR count). The maximum absolute atomic E-state index is 13.1. The van der Waals surface area contributed by atoms with Crippen molar-refractivity contribution in [3.8, 4) is 0 Å². The van der Waals surface area contributed by atoms with E-state index in [2.05, 4.69) is 17.2 Å². The molecule has 4 aliphatic carbocycles. The lowest BCUT2D eigenvalue weighted by Gasteiger charge is -2.59. The number of aryl methyl sites for hydroxylation is 1. The first-order valence-corrected chi connectivity index (χ1v) is 10.7. The van der Waals surface area contributed by atoms with Gasteiger partial charge in [-0.1, -0.05) is 0 Å². The van der Waals surface area contributed by atoms with Crippen molar-refractivity contribution in [2.75, 3.05) is 0 Å². The van der Waals surface area contributed by atoms with E-state index in [4.69, 9.17) is 0 Å². The van der Waals surface area contributed by atoms with Gasteiger partial charge in [0.05, 0.1) is 11.7 Å². The van der Waals surface area contributed by atoms with E-state index in [-0.39, 0.29) is 17.6 Å². The SMILES string of the molecule is CC(=O)c1c(C)[nH]c(C(=O)[C@@H](C)N[C@@H](C)C23CC4CC(CC(C4)C2)C3)c1C. The highest BCUT2D eigenvalue weighted by atomic mass is 16.1. The topological polar surface area (TPSA) is 62.0 Å². The van der Waals surface area contributed by atoms with E-state index in [0.29, 0.717) is 22.7 Å². The third-order valence-corrected chi connectivity index (χ3v) is 7.93. The summed E-state index contributed by atoms with van der Waals surface area (Å²) in [5.74, 6) is 2.83. The van der Waals surface area contributed by atoms with Crippen LogP contribution in [0.25, 0.3) is 0 Å². The minimum atomic E-state index is -0.246. The minimum absolute atomic E-state index is 0.0165. The van der Waals surface area contributed by atoms with Gasteiger partial charge in [-0.25, -0.2) is 0 Å². The van der Waals surface area contributed by atoms with Gasteiger partial charge in [-0.15, -0.1) is 0 Å². The summed E-state index contributed by atoms with van der Waals surface area (Å²) < 4.78 is 0. The standard InChI is InChI=1S/C23H34N2O2/c1-12-20(15(4)26)13(2)25-21(12)22(27)14(3)24-16(5)23-9-17-6-18(10-23)8-19(7-17)11-23/h14,16-19,24-25H,6-11H2,1-5H3/t14-,16+,17?,18?,19?,23?/m1/s1. The minimum Gasteiger partial charge on any atom is -0.355 e. The molecule has 4 nitrogen and oxygen atoms in total. The number of ketones is 2. The monoisotopic (exact) mass is 370 g/mol. The number of aromatic amines is 1. The number of rotatable bonds is 6. The third-order valence-electron chi connectivity index (χ3n) is 7.93. The Balaban J connectivity index is 1.49. The van der Waals surface area contributed by atoms with Crippen molar-refractivity contribution in [3.63, 3.8) is 0 Å². The number of hydrogen-bond acceptors (Lipinski definition) is 3. The lowest BCUT2D eigenvalue weighted by Crippen LogP contribution is -2.57. The molecule has 2 atom stereocenters. The van der Waals surface area contributed by atoms with Gasteiger partial charge in [0.1, 0.15) is 0 Å². The fourth-order valence-electron chi connectivity index (χ4n) is 7.08. The normalized spacial score (nSPS) is 33.9. The van der Waals surface area contributed by atoms with E-state index in [1.165, 1.54) is 38.5 Å². The molecule has 0 aromatic carbocycles. The second kappa shape index (κ2) is 6.58. The average molecular weight is 371 g/mol. The molecule has 4 saturated carbocycles. The summed E-state index contributed by atoms with van der Waals surface area (Å²) in [5.41, 5.74) is 3.23. The molecule has 0 unspecified atom stereocenters. The molecule has 1 aromatic rings. The molecule has 0 aliphatic heterocycles. The molecule has 0 saturated heterocycles. The van der Waals surface area contributed by atoms with Gasteiger partial charge < -0.3 is 10.3 Å². The number of hydrogen-bond donors (Lipinski definition) is 2. The molecule has 4 heteroatoms. The molecule has 1 heterocycles. The summed E-state index contributed by atoms with van der Waals surface area (Å²) in [4.78, 5) is 28.2. The van der Waals surface area contributed by atoms with Crippen LogP contribution in [0.5, 0.6) is 0 Å². The fraction of sp³-hybridized carbons (Fsp3) is 0.739. The number of carbonyl (C=O) groups excluding carboxylic acids is 2. The lowest BCUT2D eigenvalue weighted by molar-refractivity contribution is -0.0712. The van der Waals surface area contributed by atoms with Crippen LogP contribution in [0.3, 0.4) is 0 Å². The Bertz CT molecular complexity index is 740. The second-order valence-corrected chi connectivity index (χ2v) is 9.94. The zero-order valence-corrected chi connectivity index (χ0v) is 17.4. The van der Waals surface area contributed by atoms with Crippen molar-refractivity contribution in [2.45, 2.75) is 85.2 Å². The van der Waals surface area contributed by atoms with Crippen LogP contribution in [0, 0.1) is 37.0 Å². The number of H-pyrrole nitrogens is 1. The van der Waals surface area contributed by atoms with Gasteiger partial charge >= 0.3 is 0 Å². The maximum Gasteiger partial charge on any atom is 0.195 e. The Kier molecular flexibility index (Phi) is 4.61. The van der Waals surface area contributed by atoms with Gasteiger partial charge in [0.25, 0.3) is 0 Å². The zero-order valence-electron chi connectivity index (χ0n) is 17.4. The summed E-state index contributed by atoms with van der Waals surface area (Å²) in [5, 5.41) is 3.67. The van der Waals surface area contributed by atoms with Crippen LogP contribution in [-0.2, 0) is 0 Å². The van der Waals surface area contributed by atoms with Crippen LogP contribution < -0.4 is 5.32 Å². The van der Waals surface area contributed by atoms with Crippen molar-refractivity contribution in [2.24, 2.45) is 23.2 Å². The Morgan fingerprint density at radius 2 is 1.56 bits per heavy atom. The van der Waals surface area contributed by atoms with Gasteiger partial charge in [-0.05, 0) is 102 Å². The summed E-state index contributed by atoms with van der Waals surface area (Å²) in [7, 11) is 0. The second-order valence-electron chi connectivity index (χ2n) is 9.94. The van der Waals surface area contributed by atoms with Crippen LogP contribution in [-0.4, -0.2) is 28.6 Å². The van der Waals surface area contributed by atoms with Gasteiger partial charge in [-0.2, -0.15) is 0 Å². The van der Waals surface area contributed by atoms with Crippen molar-refractivity contribution in [1.82, 2.24) is 10.3 Å². The van der Waals surface area contributed by atoms with Crippen molar-refractivity contribution < 1.29 is 9.59 Å².